The highest BCUT2D eigenvalue weighted by molar-refractivity contribution is 6.29. The number of rotatable bonds is 0. The van der Waals surface area contributed by atoms with Crippen LogP contribution in [-0.2, 0) is 6.54 Å². The van der Waals surface area contributed by atoms with Crippen molar-refractivity contribution in [3.05, 3.63) is 21.6 Å². The Balaban J connectivity index is 2.47. The smallest absolute Gasteiger partial charge is 0.342 e. The second-order valence-electron chi connectivity index (χ2n) is 4.10. The molecule has 0 aromatic carbocycles. The minimum atomic E-state index is -4.42. The molecular weight excluding hydrogens is 259 g/mol. The van der Waals surface area contributed by atoms with Crippen molar-refractivity contribution in [2.24, 2.45) is 0 Å². The standard InChI is InChI=1S/C9H9ClF3N3O/c1-8(9(11,12)13)2-3-16-6(17)4-5(10)14-7(16)15-8/h4H,2-3H2,1H3,(H,14,15). The van der Waals surface area contributed by atoms with Gasteiger partial charge in [0.2, 0.25) is 5.95 Å². The maximum Gasteiger partial charge on any atom is 0.411 e. The normalized spacial score (nSPS) is 24.1. The average molecular weight is 268 g/mol. The van der Waals surface area contributed by atoms with Gasteiger partial charge in [-0.3, -0.25) is 9.36 Å². The van der Waals surface area contributed by atoms with Crippen LogP contribution in [0.15, 0.2) is 10.9 Å². The van der Waals surface area contributed by atoms with Crippen molar-refractivity contribution >= 4 is 17.5 Å². The Morgan fingerprint density at radius 1 is 1.59 bits per heavy atom. The second-order valence-corrected chi connectivity index (χ2v) is 4.48. The summed E-state index contributed by atoms with van der Waals surface area (Å²) in [6.07, 6.45) is -4.65. The Kier molecular flexibility index (Phi) is 2.61. The van der Waals surface area contributed by atoms with Crippen LogP contribution in [0.3, 0.4) is 0 Å². The fourth-order valence-electron chi connectivity index (χ4n) is 1.65. The number of alkyl halides is 3. The van der Waals surface area contributed by atoms with E-state index in [1.807, 2.05) is 0 Å². The number of fused-ring (bicyclic) bond motifs is 1. The zero-order valence-corrected chi connectivity index (χ0v) is 9.56. The van der Waals surface area contributed by atoms with Crippen molar-refractivity contribution in [1.82, 2.24) is 9.55 Å². The van der Waals surface area contributed by atoms with E-state index >= 15 is 0 Å². The molecule has 8 heteroatoms. The molecule has 2 rings (SSSR count). The molecule has 1 atom stereocenters. The highest BCUT2D eigenvalue weighted by atomic mass is 35.5. The van der Waals surface area contributed by atoms with Gasteiger partial charge in [0.1, 0.15) is 10.7 Å². The van der Waals surface area contributed by atoms with Crippen molar-refractivity contribution in [3.8, 4) is 0 Å². The predicted octanol–water partition coefficient (Wildman–Crippen LogP) is 2.03. The fraction of sp³-hybridized carbons (Fsp3) is 0.556. The van der Waals surface area contributed by atoms with E-state index in [0.29, 0.717) is 0 Å². The van der Waals surface area contributed by atoms with Crippen LogP contribution in [0.1, 0.15) is 13.3 Å². The van der Waals surface area contributed by atoms with Gasteiger partial charge >= 0.3 is 6.18 Å². The molecular formula is C9H9ClF3N3O. The van der Waals surface area contributed by atoms with E-state index in [1.165, 1.54) is 0 Å². The zero-order valence-electron chi connectivity index (χ0n) is 8.81. The van der Waals surface area contributed by atoms with Crippen molar-refractivity contribution in [1.29, 1.82) is 0 Å². The molecule has 94 valence electrons. The monoisotopic (exact) mass is 267 g/mol. The summed E-state index contributed by atoms with van der Waals surface area (Å²) < 4.78 is 39.6. The van der Waals surface area contributed by atoms with Crippen LogP contribution in [0.5, 0.6) is 0 Å². The minimum absolute atomic E-state index is 0.0403. The first-order valence-corrected chi connectivity index (χ1v) is 5.23. The fourth-order valence-corrected chi connectivity index (χ4v) is 1.82. The maximum absolute atomic E-state index is 12.8. The second kappa shape index (κ2) is 3.63. The molecule has 0 amide bonds. The third-order valence-electron chi connectivity index (χ3n) is 2.83. The highest BCUT2D eigenvalue weighted by Crippen LogP contribution is 2.38. The van der Waals surface area contributed by atoms with E-state index in [0.717, 1.165) is 17.6 Å². The predicted molar refractivity (Wildman–Crippen MR) is 56.2 cm³/mol. The van der Waals surface area contributed by atoms with Gasteiger partial charge in [-0.05, 0) is 13.3 Å². The molecule has 1 aromatic rings. The van der Waals surface area contributed by atoms with Gasteiger partial charge in [0.05, 0.1) is 0 Å². The molecule has 2 heterocycles. The lowest BCUT2D eigenvalue weighted by Crippen LogP contribution is -2.54. The first-order chi connectivity index (χ1) is 7.73. The van der Waals surface area contributed by atoms with E-state index < -0.39 is 17.3 Å². The molecule has 0 fully saturated rings. The average Bonchev–Trinajstić information content (AvgIpc) is 2.14. The molecule has 0 saturated carbocycles. The molecule has 0 saturated heterocycles. The van der Waals surface area contributed by atoms with Crippen LogP contribution in [0, 0.1) is 0 Å². The van der Waals surface area contributed by atoms with Gasteiger partial charge in [-0.2, -0.15) is 13.2 Å². The van der Waals surface area contributed by atoms with Crippen LogP contribution in [0.2, 0.25) is 5.15 Å². The topological polar surface area (TPSA) is 46.9 Å². The summed E-state index contributed by atoms with van der Waals surface area (Å²) in [4.78, 5) is 15.2. The molecule has 1 aliphatic heterocycles. The van der Waals surface area contributed by atoms with Gasteiger partial charge in [-0.1, -0.05) is 11.6 Å². The Morgan fingerprint density at radius 3 is 2.82 bits per heavy atom. The van der Waals surface area contributed by atoms with E-state index in [4.69, 9.17) is 11.6 Å². The zero-order chi connectivity index (χ0) is 12.8. The largest absolute Gasteiger partial charge is 0.411 e. The number of aromatic nitrogens is 2. The lowest BCUT2D eigenvalue weighted by atomic mass is 9.95. The van der Waals surface area contributed by atoms with Crippen molar-refractivity contribution in [2.75, 3.05) is 5.32 Å². The maximum atomic E-state index is 12.8. The summed E-state index contributed by atoms with van der Waals surface area (Å²) in [5.41, 5.74) is -2.55. The molecule has 0 radical (unpaired) electrons. The summed E-state index contributed by atoms with van der Waals surface area (Å²) in [7, 11) is 0. The molecule has 0 aliphatic carbocycles. The van der Waals surface area contributed by atoms with Gasteiger partial charge < -0.3 is 5.32 Å². The summed E-state index contributed by atoms with van der Waals surface area (Å²) >= 11 is 5.54. The summed E-state index contributed by atoms with van der Waals surface area (Å²) in [5, 5.41) is 2.11. The van der Waals surface area contributed by atoms with Crippen LogP contribution in [0.25, 0.3) is 0 Å². The lowest BCUT2D eigenvalue weighted by Gasteiger charge is -2.37. The minimum Gasteiger partial charge on any atom is -0.342 e. The lowest BCUT2D eigenvalue weighted by molar-refractivity contribution is -0.178. The molecule has 4 nitrogen and oxygen atoms in total. The van der Waals surface area contributed by atoms with E-state index in [1.54, 1.807) is 0 Å². The number of hydrogen-bond donors (Lipinski definition) is 1. The molecule has 1 N–H and O–H groups in total. The number of anilines is 1. The Labute approximate surface area is 99.4 Å². The molecule has 0 bridgehead atoms. The van der Waals surface area contributed by atoms with Crippen molar-refractivity contribution in [3.63, 3.8) is 0 Å². The Morgan fingerprint density at radius 2 is 2.24 bits per heavy atom. The quantitative estimate of drug-likeness (QED) is 0.732. The van der Waals surface area contributed by atoms with Crippen LogP contribution < -0.4 is 10.9 Å². The van der Waals surface area contributed by atoms with Gasteiger partial charge in [0.25, 0.3) is 5.56 Å². The number of hydrogen-bond acceptors (Lipinski definition) is 3. The van der Waals surface area contributed by atoms with Crippen molar-refractivity contribution in [2.45, 2.75) is 31.6 Å². The molecule has 17 heavy (non-hydrogen) atoms. The SMILES string of the molecule is CC1(C(F)(F)F)CCn2c(nc(Cl)cc2=O)N1. The van der Waals surface area contributed by atoms with Gasteiger partial charge in [-0.25, -0.2) is 4.98 Å². The summed E-state index contributed by atoms with van der Waals surface area (Å²) in [6.45, 7) is 0.991. The van der Waals surface area contributed by atoms with E-state index in [2.05, 4.69) is 10.3 Å². The van der Waals surface area contributed by atoms with Gasteiger partial charge in [0.15, 0.2) is 0 Å². The van der Waals surface area contributed by atoms with Crippen molar-refractivity contribution < 1.29 is 13.2 Å². The molecule has 1 unspecified atom stereocenters. The van der Waals surface area contributed by atoms with Gasteiger partial charge in [-0.15, -0.1) is 0 Å². The first-order valence-electron chi connectivity index (χ1n) is 4.85. The van der Waals surface area contributed by atoms with Crippen LogP contribution in [0.4, 0.5) is 19.1 Å². The summed E-state index contributed by atoms with van der Waals surface area (Å²) in [6, 6.07) is 1.07. The van der Waals surface area contributed by atoms with E-state index in [-0.39, 0.29) is 24.1 Å². The third-order valence-corrected chi connectivity index (χ3v) is 3.02. The highest BCUT2D eigenvalue weighted by Gasteiger charge is 2.52. The van der Waals surface area contributed by atoms with Gasteiger partial charge in [0, 0.05) is 12.6 Å². The van der Waals surface area contributed by atoms with Crippen LogP contribution in [-0.4, -0.2) is 21.3 Å². The van der Waals surface area contributed by atoms with Crippen LogP contribution >= 0.6 is 11.6 Å². The first kappa shape index (κ1) is 12.2. The van der Waals surface area contributed by atoms with E-state index in [9.17, 15) is 18.0 Å². The molecule has 1 aromatic heterocycles. The third kappa shape index (κ3) is 1.99. The summed E-state index contributed by atoms with van der Waals surface area (Å²) in [5.74, 6) is -0.145. The molecule has 1 aliphatic rings. The number of halogens is 4. The molecule has 0 spiro atoms. The number of nitrogens with zero attached hydrogens (tertiary/aromatic N) is 2. The number of nitrogens with one attached hydrogen (secondary N) is 1. The Bertz CT molecular complexity index is 513. The Hall–Kier alpha value is -1.24.